The number of hydrogen-bond donors (Lipinski definition) is 1. The Kier molecular flexibility index (Phi) is 9.03. The number of aromatic nitrogens is 2. The molecule has 0 radical (unpaired) electrons. The molecule has 4 rings (SSSR count). The fourth-order valence-corrected chi connectivity index (χ4v) is 4.40. The summed E-state index contributed by atoms with van der Waals surface area (Å²) in [6, 6.07) is 24.6. The number of benzene rings is 3. The third-order valence-corrected chi connectivity index (χ3v) is 6.56. The summed E-state index contributed by atoms with van der Waals surface area (Å²) in [6.07, 6.45) is 2.08. The van der Waals surface area contributed by atoms with Gasteiger partial charge in [-0.1, -0.05) is 56.3 Å². The first-order valence-corrected chi connectivity index (χ1v) is 13.6. The Bertz CT molecular complexity index is 1550. The summed E-state index contributed by atoms with van der Waals surface area (Å²) in [7, 11) is 0. The van der Waals surface area contributed by atoms with Gasteiger partial charge in [0.15, 0.2) is 0 Å². The highest BCUT2D eigenvalue weighted by molar-refractivity contribution is 5.70. The van der Waals surface area contributed by atoms with Gasteiger partial charge in [0.2, 0.25) is 5.75 Å². The maximum absolute atomic E-state index is 13.8. The third-order valence-electron chi connectivity index (χ3n) is 6.56. The summed E-state index contributed by atoms with van der Waals surface area (Å²) in [5, 5.41) is 18.9. The molecule has 0 unspecified atom stereocenters. The molecule has 1 aromatic heterocycles. The Morgan fingerprint density at radius 1 is 0.975 bits per heavy atom. The summed E-state index contributed by atoms with van der Waals surface area (Å²) in [5.74, 6) is 2.03. The summed E-state index contributed by atoms with van der Waals surface area (Å²) in [5.41, 5.74) is 3.08. The molecule has 206 valence electrons. The maximum atomic E-state index is 13.8. The number of rotatable bonds is 11. The molecule has 0 amide bonds. The molecule has 1 heterocycles. The van der Waals surface area contributed by atoms with E-state index in [0.29, 0.717) is 42.1 Å². The van der Waals surface area contributed by atoms with E-state index < -0.39 is 5.60 Å². The second-order valence-electron chi connectivity index (χ2n) is 10.2. The SMILES string of the molecule is CCCc1nc(CC)c(Oc2ccc(OC(C)(C)CO)cc2)c(=O)n1Cc1ccc(-c2ccccc2C#N)cc1. The summed E-state index contributed by atoms with van der Waals surface area (Å²) in [4.78, 5) is 18.7. The first-order valence-electron chi connectivity index (χ1n) is 13.6. The maximum Gasteiger partial charge on any atom is 0.297 e. The van der Waals surface area contributed by atoms with Crippen molar-refractivity contribution in [2.75, 3.05) is 6.61 Å². The standard InChI is InChI=1S/C33H35N3O4/c1-5-9-30-35-29(6-2)31(39-26-16-18-27(19-17-26)40-33(3,4)22-37)32(38)36(30)21-23-12-14-24(15-13-23)28-11-8-7-10-25(28)20-34/h7-8,10-19,37H,5-6,9,21-22H2,1-4H3. The molecular formula is C33H35N3O4. The monoisotopic (exact) mass is 537 g/mol. The van der Waals surface area contributed by atoms with Gasteiger partial charge in [-0.05, 0) is 73.7 Å². The number of hydrogen-bond acceptors (Lipinski definition) is 6. The van der Waals surface area contributed by atoms with E-state index in [4.69, 9.17) is 14.5 Å². The summed E-state index contributed by atoms with van der Waals surface area (Å²) >= 11 is 0. The quantitative estimate of drug-likeness (QED) is 0.242. The Balaban J connectivity index is 1.65. The molecule has 3 aromatic carbocycles. The van der Waals surface area contributed by atoms with E-state index in [1.165, 1.54) is 0 Å². The van der Waals surface area contributed by atoms with Crippen molar-refractivity contribution in [1.29, 1.82) is 5.26 Å². The van der Waals surface area contributed by atoms with Gasteiger partial charge in [-0.3, -0.25) is 9.36 Å². The lowest BCUT2D eigenvalue weighted by atomic mass is 9.99. The van der Waals surface area contributed by atoms with Crippen molar-refractivity contribution < 1.29 is 14.6 Å². The molecular weight excluding hydrogens is 502 g/mol. The third kappa shape index (κ3) is 6.59. The molecule has 0 fully saturated rings. The van der Waals surface area contributed by atoms with Gasteiger partial charge in [0, 0.05) is 6.42 Å². The van der Waals surface area contributed by atoms with E-state index in [1.807, 2.05) is 49.4 Å². The van der Waals surface area contributed by atoms with Crippen molar-refractivity contribution in [1.82, 2.24) is 9.55 Å². The van der Waals surface area contributed by atoms with E-state index >= 15 is 0 Å². The summed E-state index contributed by atoms with van der Waals surface area (Å²) < 4.78 is 13.6. The van der Waals surface area contributed by atoms with E-state index in [2.05, 4.69) is 13.0 Å². The molecule has 0 aliphatic rings. The van der Waals surface area contributed by atoms with Gasteiger partial charge in [0.05, 0.1) is 30.5 Å². The fraction of sp³-hybridized carbons (Fsp3) is 0.303. The lowest BCUT2D eigenvalue weighted by molar-refractivity contribution is 0.0412. The van der Waals surface area contributed by atoms with Crippen molar-refractivity contribution in [3.8, 4) is 34.4 Å². The first-order chi connectivity index (χ1) is 19.3. The Morgan fingerprint density at radius 3 is 2.27 bits per heavy atom. The zero-order chi connectivity index (χ0) is 28.7. The van der Waals surface area contributed by atoms with Gasteiger partial charge < -0.3 is 14.6 Å². The van der Waals surface area contributed by atoms with Crippen molar-refractivity contribution in [3.63, 3.8) is 0 Å². The van der Waals surface area contributed by atoms with Crippen LogP contribution in [-0.2, 0) is 19.4 Å². The highest BCUT2D eigenvalue weighted by Gasteiger charge is 2.20. The molecule has 0 saturated carbocycles. The van der Waals surface area contributed by atoms with Gasteiger partial charge in [0.25, 0.3) is 5.56 Å². The number of aliphatic hydroxyl groups is 1. The van der Waals surface area contributed by atoms with Crippen LogP contribution in [0.5, 0.6) is 17.2 Å². The van der Waals surface area contributed by atoms with Crippen LogP contribution in [0.1, 0.15) is 56.8 Å². The molecule has 0 spiro atoms. The molecule has 1 N–H and O–H groups in total. The van der Waals surface area contributed by atoms with Gasteiger partial charge in [-0.15, -0.1) is 0 Å². The van der Waals surface area contributed by atoms with Crippen molar-refractivity contribution >= 4 is 0 Å². The average Bonchev–Trinajstić information content (AvgIpc) is 2.97. The van der Waals surface area contributed by atoms with E-state index in [9.17, 15) is 15.2 Å². The van der Waals surface area contributed by atoms with Crippen LogP contribution >= 0.6 is 0 Å². The minimum Gasteiger partial charge on any atom is -0.485 e. The normalized spacial score (nSPS) is 11.2. The van der Waals surface area contributed by atoms with Crippen LogP contribution in [0.15, 0.2) is 77.6 Å². The lowest BCUT2D eigenvalue weighted by Crippen LogP contribution is -2.32. The predicted molar refractivity (Wildman–Crippen MR) is 156 cm³/mol. The highest BCUT2D eigenvalue weighted by Crippen LogP contribution is 2.27. The van der Waals surface area contributed by atoms with Crippen molar-refractivity contribution in [2.24, 2.45) is 0 Å². The average molecular weight is 538 g/mol. The van der Waals surface area contributed by atoms with E-state index in [1.54, 1.807) is 48.7 Å². The second-order valence-corrected chi connectivity index (χ2v) is 10.2. The lowest BCUT2D eigenvalue weighted by Gasteiger charge is -2.24. The molecule has 4 aromatic rings. The fourth-order valence-electron chi connectivity index (χ4n) is 4.40. The van der Waals surface area contributed by atoms with Crippen LogP contribution < -0.4 is 15.0 Å². The van der Waals surface area contributed by atoms with Gasteiger partial charge >= 0.3 is 0 Å². The zero-order valence-corrected chi connectivity index (χ0v) is 23.5. The molecule has 0 atom stereocenters. The molecule has 7 nitrogen and oxygen atoms in total. The largest absolute Gasteiger partial charge is 0.485 e. The molecule has 40 heavy (non-hydrogen) atoms. The molecule has 0 saturated heterocycles. The zero-order valence-electron chi connectivity index (χ0n) is 23.5. The molecule has 0 aliphatic heterocycles. The second kappa shape index (κ2) is 12.6. The number of aryl methyl sites for hydroxylation is 2. The van der Waals surface area contributed by atoms with Crippen LogP contribution in [0.3, 0.4) is 0 Å². The van der Waals surface area contributed by atoms with Crippen LogP contribution in [-0.4, -0.2) is 26.9 Å². The van der Waals surface area contributed by atoms with Gasteiger partial charge in [-0.2, -0.15) is 5.26 Å². The van der Waals surface area contributed by atoms with Gasteiger partial charge in [0.1, 0.15) is 22.9 Å². The van der Waals surface area contributed by atoms with Crippen molar-refractivity contribution in [3.05, 3.63) is 106 Å². The molecule has 7 heteroatoms. The molecule has 0 bridgehead atoms. The van der Waals surface area contributed by atoms with E-state index in [0.717, 1.165) is 28.9 Å². The Hall–Kier alpha value is -4.41. The number of ether oxygens (including phenoxy) is 2. The van der Waals surface area contributed by atoms with Crippen LogP contribution in [0, 0.1) is 11.3 Å². The summed E-state index contributed by atoms with van der Waals surface area (Å²) in [6.45, 7) is 7.86. The van der Waals surface area contributed by atoms with Gasteiger partial charge in [-0.25, -0.2) is 4.98 Å². The predicted octanol–water partition coefficient (Wildman–Crippen LogP) is 6.29. The minimum absolute atomic E-state index is 0.115. The van der Waals surface area contributed by atoms with Crippen LogP contribution in [0.4, 0.5) is 0 Å². The smallest absolute Gasteiger partial charge is 0.297 e. The van der Waals surface area contributed by atoms with Crippen LogP contribution in [0.25, 0.3) is 11.1 Å². The first kappa shape index (κ1) is 28.6. The molecule has 0 aliphatic carbocycles. The Morgan fingerprint density at radius 2 is 1.65 bits per heavy atom. The Labute approximate surface area is 235 Å². The number of aliphatic hydroxyl groups excluding tert-OH is 1. The minimum atomic E-state index is -0.707. The van der Waals surface area contributed by atoms with E-state index in [-0.39, 0.29) is 17.9 Å². The highest BCUT2D eigenvalue weighted by atomic mass is 16.5. The number of nitriles is 1. The van der Waals surface area contributed by atoms with Crippen molar-refractivity contribution in [2.45, 2.75) is 59.1 Å². The number of nitrogens with zero attached hydrogens (tertiary/aromatic N) is 3. The topological polar surface area (TPSA) is 97.4 Å². The van der Waals surface area contributed by atoms with Crippen LogP contribution in [0.2, 0.25) is 0 Å².